The number of anilines is 1. The van der Waals surface area contributed by atoms with Gasteiger partial charge in [0.25, 0.3) is 5.91 Å². The summed E-state index contributed by atoms with van der Waals surface area (Å²) in [7, 11) is 0. The first-order valence-corrected chi connectivity index (χ1v) is 9.19. The summed E-state index contributed by atoms with van der Waals surface area (Å²) in [5.74, 6) is -0.327. The minimum absolute atomic E-state index is 0.195. The fraction of sp³-hybridized carbons (Fsp3) is 0.333. The summed E-state index contributed by atoms with van der Waals surface area (Å²) < 4.78 is 5.40. The second-order valence-electron chi connectivity index (χ2n) is 6.15. The molecule has 0 radical (unpaired) electrons. The van der Waals surface area contributed by atoms with Crippen molar-refractivity contribution in [3.8, 4) is 5.75 Å². The number of benzene rings is 1. The maximum atomic E-state index is 12.2. The summed E-state index contributed by atoms with van der Waals surface area (Å²) in [6.45, 7) is 1.96. The topological polar surface area (TPSA) is 75.6 Å². The van der Waals surface area contributed by atoms with Crippen LogP contribution in [-0.4, -0.2) is 23.6 Å². The predicted octanol–water partition coefficient (Wildman–Crippen LogP) is 4.24. The number of fused-ring (bicyclic) bond motifs is 1. The molecule has 1 aliphatic carbocycles. The average Bonchev–Trinajstić information content (AvgIpc) is 2.91. The Labute approximate surface area is 154 Å². The van der Waals surface area contributed by atoms with Crippen molar-refractivity contribution in [1.82, 2.24) is 0 Å². The van der Waals surface area contributed by atoms with E-state index in [2.05, 4.69) is 12.2 Å². The fourth-order valence-corrected chi connectivity index (χ4v) is 4.45. The maximum Gasteiger partial charge on any atom is 0.339 e. The van der Waals surface area contributed by atoms with Gasteiger partial charge in [-0.25, -0.2) is 4.79 Å². The minimum atomic E-state index is -0.999. The number of carbonyl (C=O) groups is 2. The SMILES string of the molecule is CC1CCc2c(sc(NC(=O)COc3ccc(Cl)cc3)c2C(=O)O)C1. The Hall–Kier alpha value is -2.05. The van der Waals surface area contributed by atoms with E-state index in [1.54, 1.807) is 24.3 Å². The lowest BCUT2D eigenvalue weighted by atomic mass is 9.88. The molecule has 25 heavy (non-hydrogen) atoms. The number of thiophene rings is 1. The second-order valence-corrected chi connectivity index (χ2v) is 7.69. The first kappa shape index (κ1) is 17.8. The fourth-order valence-electron chi connectivity index (χ4n) is 2.91. The zero-order chi connectivity index (χ0) is 18.0. The molecule has 5 nitrogen and oxygen atoms in total. The molecule has 0 bridgehead atoms. The minimum Gasteiger partial charge on any atom is -0.484 e. The van der Waals surface area contributed by atoms with Gasteiger partial charge in [-0.2, -0.15) is 0 Å². The highest BCUT2D eigenvalue weighted by atomic mass is 35.5. The number of carboxylic acids is 1. The summed E-state index contributed by atoms with van der Waals surface area (Å²) in [6, 6.07) is 6.69. The highest BCUT2D eigenvalue weighted by molar-refractivity contribution is 7.17. The van der Waals surface area contributed by atoms with Gasteiger partial charge in [-0.3, -0.25) is 4.79 Å². The number of amides is 1. The Bertz CT molecular complexity index is 800. The van der Waals surface area contributed by atoms with Gasteiger partial charge in [-0.15, -0.1) is 11.3 Å². The van der Waals surface area contributed by atoms with Crippen molar-refractivity contribution in [2.45, 2.75) is 26.2 Å². The van der Waals surface area contributed by atoms with E-state index in [9.17, 15) is 14.7 Å². The van der Waals surface area contributed by atoms with Crippen LogP contribution in [0.5, 0.6) is 5.75 Å². The number of aromatic carboxylic acids is 1. The van der Waals surface area contributed by atoms with Crippen molar-refractivity contribution in [2.24, 2.45) is 5.92 Å². The Morgan fingerprint density at radius 1 is 1.36 bits per heavy atom. The van der Waals surface area contributed by atoms with Crippen molar-refractivity contribution in [2.75, 3.05) is 11.9 Å². The lowest BCUT2D eigenvalue weighted by Crippen LogP contribution is -2.21. The molecule has 1 atom stereocenters. The van der Waals surface area contributed by atoms with Crippen LogP contribution in [0.25, 0.3) is 0 Å². The molecule has 2 N–H and O–H groups in total. The monoisotopic (exact) mass is 379 g/mol. The highest BCUT2D eigenvalue weighted by Gasteiger charge is 2.28. The molecule has 1 aromatic heterocycles. The van der Waals surface area contributed by atoms with E-state index in [0.29, 0.717) is 21.7 Å². The normalized spacial score (nSPS) is 16.2. The van der Waals surface area contributed by atoms with Gasteiger partial charge in [0.05, 0.1) is 5.56 Å². The molecule has 1 heterocycles. The Morgan fingerprint density at radius 2 is 2.08 bits per heavy atom. The first-order valence-electron chi connectivity index (χ1n) is 8.00. The van der Waals surface area contributed by atoms with Crippen molar-refractivity contribution in [3.05, 3.63) is 45.3 Å². The van der Waals surface area contributed by atoms with E-state index >= 15 is 0 Å². The molecule has 132 valence electrons. The molecule has 3 rings (SSSR count). The van der Waals surface area contributed by atoms with Crippen LogP contribution in [0.2, 0.25) is 5.02 Å². The lowest BCUT2D eigenvalue weighted by Gasteiger charge is -2.17. The van der Waals surface area contributed by atoms with E-state index < -0.39 is 5.97 Å². The number of carbonyl (C=O) groups excluding carboxylic acids is 1. The summed E-state index contributed by atoms with van der Waals surface area (Å²) in [5, 5.41) is 13.2. The number of nitrogens with one attached hydrogen (secondary N) is 1. The van der Waals surface area contributed by atoms with Crippen LogP contribution in [0.15, 0.2) is 24.3 Å². The summed E-state index contributed by atoms with van der Waals surface area (Å²) in [4.78, 5) is 24.9. The van der Waals surface area contributed by atoms with Gasteiger partial charge in [0.2, 0.25) is 0 Å². The van der Waals surface area contributed by atoms with Gasteiger partial charge < -0.3 is 15.2 Å². The summed E-state index contributed by atoms with van der Waals surface area (Å²) in [5.41, 5.74) is 1.09. The lowest BCUT2D eigenvalue weighted by molar-refractivity contribution is -0.118. The third kappa shape index (κ3) is 4.14. The number of halogens is 1. The first-order chi connectivity index (χ1) is 11.9. The predicted molar refractivity (Wildman–Crippen MR) is 98.0 cm³/mol. The van der Waals surface area contributed by atoms with Crippen molar-refractivity contribution in [3.63, 3.8) is 0 Å². The number of rotatable bonds is 5. The molecular weight excluding hydrogens is 362 g/mol. The third-order valence-corrected chi connectivity index (χ3v) is 5.58. The van der Waals surface area contributed by atoms with Gasteiger partial charge in [-0.05, 0) is 55.0 Å². The summed E-state index contributed by atoms with van der Waals surface area (Å²) in [6.07, 6.45) is 2.57. The van der Waals surface area contributed by atoms with Crippen LogP contribution in [0, 0.1) is 5.92 Å². The zero-order valence-corrected chi connectivity index (χ0v) is 15.2. The van der Waals surface area contributed by atoms with Crippen LogP contribution >= 0.6 is 22.9 Å². The van der Waals surface area contributed by atoms with Gasteiger partial charge >= 0.3 is 5.97 Å². The number of carboxylic acid groups (broad SMARTS) is 1. The van der Waals surface area contributed by atoms with Gasteiger partial charge in [0, 0.05) is 9.90 Å². The molecule has 1 amide bonds. The van der Waals surface area contributed by atoms with Gasteiger partial charge in [0.15, 0.2) is 6.61 Å². The molecule has 2 aromatic rings. The van der Waals surface area contributed by atoms with Crippen LogP contribution in [0.4, 0.5) is 5.00 Å². The van der Waals surface area contributed by atoms with Crippen molar-refractivity contribution >= 4 is 39.8 Å². The molecular formula is C18H18ClNO4S. The van der Waals surface area contributed by atoms with E-state index in [1.165, 1.54) is 11.3 Å². The molecule has 1 aliphatic rings. The highest BCUT2D eigenvalue weighted by Crippen LogP contribution is 2.39. The molecule has 0 saturated heterocycles. The molecule has 7 heteroatoms. The molecule has 0 saturated carbocycles. The van der Waals surface area contributed by atoms with E-state index in [4.69, 9.17) is 16.3 Å². The quantitative estimate of drug-likeness (QED) is 0.814. The van der Waals surface area contributed by atoms with Crippen LogP contribution in [0.3, 0.4) is 0 Å². The average molecular weight is 380 g/mol. The largest absolute Gasteiger partial charge is 0.484 e. The van der Waals surface area contributed by atoms with E-state index in [-0.39, 0.29) is 18.1 Å². The van der Waals surface area contributed by atoms with Crippen molar-refractivity contribution < 1.29 is 19.4 Å². The van der Waals surface area contributed by atoms with Crippen LogP contribution < -0.4 is 10.1 Å². The van der Waals surface area contributed by atoms with Crippen LogP contribution in [-0.2, 0) is 17.6 Å². The Morgan fingerprint density at radius 3 is 2.76 bits per heavy atom. The smallest absolute Gasteiger partial charge is 0.339 e. The molecule has 0 fully saturated rings. The van der Waals surface area contributed by atoms with Gasteiger partial charge in [0.1, 0.15) is 10.8 Å². The number of hydrogen-bond donors (Lipinski definition) is 2. The Kier molecular flexibility index (Phi) is 5.30. The molecule has 0 spiro atoms. The Balaban J connectivity index is 1.70. The van der Waals surface area contributed by atoms with E-state index in [0.717, 1.165) is 29.7 Å². The standard InChI is InChI=1S/C18H18ClNO4S/c1-10-2-7-13-14(8-10)25-17(16(13)18(22)23)20-15(21)9-24-12-5-3-11(19)4-6-12/h3-6,10H,2,7-9H2,1H3,(H,20,21)(H,22,23). The molecule has 1 unspecified atom stereocenters. The molecule has 0 aliphatic heterocycles. The zero-order valence-electron chi connectivity index (χ0n) is 13.7. The summed E-state index contributed by atoms with van der Waals surface area (Å²) >= 11 is 7.16. The second kappa shape index (κ2) is 7.45. The number of ether oxygens (including phenoxy) is 1. The molecule has 1 aromatic carbocycles. The third-order valence-electron chi connectivity index (χ3n) is 4.16. The number of hydrogen-bond acceptors (Lipinski definition) is 4. The van der Waals surface area contributed by atoms with Crippen LogP contribution in [0.1, 0.15) is 34.1 Å². The van der Waals surface area contributed by atoms with E-state index in [1.807, 2.05) is 0 Å². The van der Waals surface area contributed by atoms with Crippen molar-refractivity contribution in [1.29, 1.82) is 0 Å². The maximum absolute atomic E-state index is 12.2. The van der Waals surface area contributed by atoms with Gasteiger partial charge in [-0.1, -0.05) is 18.5 Å².